The number of unbranched alkanes of at least 4 members (excludes halogenated alkanes) is 4. The summed E-state index contributed by atoms with van der Waals surface area (Å²) in [6.07, 6.45) is 2.65. The second-order valence-corrected chi connectivity index (χ2v) is 6.39. The molecule has 1 nitrogen and oxygen atoms in total. The highest BCUT2D eigenvalue weighted by atomic mass is 79.9. The third kappa shape index (κ3) is 7.21. The van der Waals surface area contributed by atoms with Gasteiger partial charge >= 0.3 is 6.18 Å². The van der Waals surface area contributed by atoms with Crippen molar-refractivity contribution >= 4 is 21.6 Å². The van der Waals surface area contributed by atoms with Crippen LogP contribution in [-0.2, 0) is 6.18 Å². The van der Waals surface area contributed by atoms with E-state index in [4.69, 9.17) is 0 Å². The van der Waals surface area contributed by atoms with E-state index >= 15 is 0 Å². The molecule has 120 valence electrons. The van der Waals surface area contributed by atoms with E-state index in [1.54, 1.807) is 6.07 Å². The molecule has 0 saturated heterocycles. The predicted molar refractivity (Wildman–Crippen MR) is 85.6 cm³/mol. The van der Waals surface area contributed by atoms with Crippen molar-refractivity contribution in [2.24, 2.45) is 0 Å². The molecule has 1 unspecified atom stereocenters. The molecule has 0 aromatic heterocycles. The van der Waals surface area contributed by atoms with Crippen LogP contribution in [0.2, 0.25) is 0 Å². The molecule has 1 atom stereocenters. The topological polar surface area (TPSA) is 12.0 Å². The first-order valence-electron chi connectivity index (χ1n) is 7.47. The summed E-state index contributed by atoms with van der Waals surface area (Å²) >= 11 is 3.14. The Kier molecular flexibility index (Phi) is 7.57. The summed E-state index contributed by atoms with van der Waals surface area (Å²) in [4.78, 5) is 0. The summed E-state index contributed by atoms with van der Waals surface area (Å²) in [6, 6.07) is 4.11. The average molecular weight is 366 g/mol. The van der Waals surface area contributed by atoms with Gasteiger partial charge in [-0.15, -0.1) is 0 Å². The zero-order chi connectivity index (χ0) is 15.9. The molecule has 5 heteroatoms. The van der Waals surface area contributed by atoms with Gasteiger partial charge in [0.05, 0.1) is 5.56 Å². The highest BCUT2D eigenvalue weighted by Gasteiger charge is 2.31. The van der Waals surface area contributed by atoms with E-state index in [0.29, 0.717) is 10.2 Å². The SMILES string of the molecule is CCCCCCCC(C)Nc1cc(Br)cc(C(F)(F)F)c1. The van der Waals surface area contributed by atoms with E-state index in [-0.39, 0.29) is 6.04 Å². The van der Waals surface area contributed by atoms with Crippen LogP contribution >= 0.6 is 15.9 Å². The number of alkyl halides is 3. The molecule has 1 aromatic rings. The summed E-state index contributed by atoms with van der Waals surface area (Å²) in [7, 11) is 0. The van der Waals surface area contributed by atoms with E-state index in [1.165, 1.54) is 31.7 Å². The molecular formula is C16H23BrF3N. The van der Waals surface area contributed by atoms with E-state index < -0.39 is 11.7 Å². The molecule has 0 heterocycles. The third-order valence-electron chi connectivity index (χ3n) is 3.38. The van der Waals surface area contributed by atoms with Crippen LogP contribution in [0.25, 0.3) is 0 Å². The van der Waals surface area contributed by atoms with Crippen LogP contribution < -0.4 is 5.32 Å². The molecule has 1 N–H and O–H groups in total. The standard InChI is InChI=1S/C16H23BrF3N/c1-3-4-5-6-7-8-12(2)21-15-10-13(16(18,19)20)9-14(17)11-15/h9-12,21H,3-8H2,1-2H3. The maximum absolute atomic E-state index is 12.8. The lowest BCUT2D eigenvalue weighted by atomic mass is 10.1. The van der Waals surface area contributed by atoms with Crippen LogP contribution in [0.4, 0.5) is 18.9 Å². The molecule has 1 aromatic carbocycles. The molecule has 21 heavy (non-hydrogen) atoms. The second-order valence-electron chi connectivity index (χ2n) is 5.47. The highest BCUT2D eigenvalue weighted by Crippen LogP contribution is 2.33. The summed E-state index contributed by atoms with van der Waals surface area (Å²) in [6.45, 7) is 4.18. The van der Waals surface area contributed by atoms with Gasteiger partial charge in [-0.2, -0.15) is 13.2 Å². The van der Waals surface area contributed by atoms with Gasteiger partial charge in [-0.3, -0.25) is 0 Å². The van der Waals surface area contributed by atoms with Crippen molar-refractivity contribution in [1.82, 2.24) is 0 Å². The predicted octanol–water partition coefficient (Wildman–Crippen LogP) is 6.63. The first kappa shape index (κ1) is 18.3. The molecule has 0 saturated carbocycles. The van der Waals surface area contributed by atoms with Crippen LogP contribution in [0, 0.1) is 0 Å². The Bertz CT molecular complexity index is 432. The van der Waals surface area contributed by atoms with Gasteiger partial charge < -0.3 is 5.32 Å². The number of hydrogen-bond donors (Lipinski definition) is 1. The van der Waals surface area contributed by atoms with Crippen LogP contribution in [0.1, 0.15) is 57.9 Å². The summed E-state index contributed by atoms with van der Waals surface area (Å²) in [5, 5.41) is 3.16. The summed E-state index contributed by atoms with van der Waals surface area (Å²) in [5.74, 6) is 0. The van der Waals surface area contributed by atoms with Gasteiger partial charge in [0.25, 0.3) is 0 Å². The first-order valence-corrected chi connectivity index (χ1v) is 8.26. The first-order chi connectivity index (χ1) is 9.82. The van der Waals surface area contributed by atoms with E-state index in [2.05, 4.69) is 28.2 Å². The summed E-state index contributed by atoms with van der Waals surface area (Å²) < 4.78 is 38.7. The average Bonchev–Trinajstić information content (AvgIpc) is 2.36. The molecular weight excluding hydrogens is 343 g/mol. The van der Waals surface area contributed by atoms with Crippen molar-refractivity contribution in [1.29, 1.82) is 0 Å². The van der Waals surface area contributed by atoms with Crippen molar-refractivity contribution in [3.05, 3.63) is 28.2 Å². The molecule has 1 rings (SSSR count). The van der Waals surface area contributed by atoms with E-state index in [1.807, 2.05) is 6.92 Å². The van der Waals surface area contributed by atoms with Crippen molar-refractivity contribution in [2.45, 2.75) is 64.6 Å². The van der Waals surface area contributed by atoms with Crippen LogP contribution in [0.5, 0.6) is 0 Å². The van der Waals surface area contributed by atoms with Crippen molar-refractivity contribution in [2.75, 3.05) is 5.32 Å². The Morgan fingerprint density at radius 1 is 1.10 bits per heavy atom. The molecule has 0 spiro atoms. The lowest BCUT2D eigenvalue weighted by molar-refractivity contribution is -0.137. The normalized spacial score (nSPS) is 13.2. The maximum Gasteiger partial charge on any atom is 0.416 e. The van der Waals surface area contributed by atoms with Gasteiger partial charge in [0.2, 0.25) is 0 Å². The smallest absolute Gasteiger partial charge is 0.383 e. The van der Waals surface area contributed by atoms with E-state index in [0.717, 1.165) is 18.9 Å². The highest BCUT2D eigenvalue weighted by molar-refractivity contribution is 9.10. The number of halogens is 4. The van der Waals surface area contributed by atoms with Crippen molar-refractivity contribution < 1.29 is 13.2 Å². The number of hydrogen-bond acceptors (Lipinski definition) is 1. The Balaban J connectivity index is 2.52. The molecule has 0 amide bonds. The van der Waals surface area contributed by atoms with Crippen molar-refractivity contribution in [3.8, 4) is 0 Å². The zero-order valence-corrected chi connectivity index (χ0v) is 14.1. The Hall–Kier alpha value is -0.710. The van der Waals surface area contributed by atoms with Gasteiger partial charge in [0.1, 0.15) is 0 Å². The minimum atomic E-state index is -4.32. The number of anilines is 1. The lowest BCUT2D eigenvalue weighted by Crippen LogP contribution is -2.15. The van der Waals surface area contributed by atoms with E-state index in [9.17, 15) is 13.2 Å². The Morgan fingerprint density at radius 2 is 1.76 bits per heavy atom. The fourth-order valence-electron chi connectivity index (χ4n) is 2.25. The lowest BCUT2D eigenvalue weighted by Gasteiger charge is -2.17. The van der Waals surface area contributed by atoms with Crippen molar-refractivity contribution in [3.63, 3.8) is 0 Å². The van der Waals surface area contributed by atoms with Gasteiger partial charge in [0, 0.05) is 16.2 Å². The number of benzene rings is 1. The fourth-order valence-corrected chi connectivity index (χ4v) is 2.74. The molecule has 0 bridgehead atoms. The molecule has 0 aliphatic heterocycles. The Morgan fingerprint density at radius 3 is 2.38 bits per heavy atom. The molecule has 0 aliphatic carbocycles. The van der Waals surface area contributed by atoms with Crippen LogP contribution in [0.15, 0.2) is 22.7 Å². The Labute approximate surface area is 133 Å². The van der Waals surface area contributed by atoms with Gasteiger partial charge in [-0.05, 0) is 31.5 Å². The number of rotatable bonds is 8. The monoisotopic (exact) mass is 365 g/mol. The summed E-state index contributed by atoms with van der Waals surface area (Å²) in [5.41, 5.74) is -0.118. The minimum Gasteiger partial charge on any atom is -0.383 e. The van der Waals surface area contributed by atoms with Gasteiger partial charge in [-0.1, -0.05) is 55.0 Å². The van der Waals surface area contributed by atoms with Crippen LogP contribution in [0.3, 0.4) is 0 Å². The largest absolute Gasteiger partial charge is 0.416 e. The van der Waals surface area contributed by atoms with Gasteiger partial charge in [0.15, 0.2) is 0 Å². The quantitative estimate of drug-likeness (QED) is 0.509. The molecule has 0 radical (unpaired) electrons. The second kappa shape index (κ2) is 8.66. The molecule has 0 aliphatic rings. The van der Waals surface area contributed by atoms with Gasteiger partial charge in [-0.25, -0.2) is 0 Å². The third-order valence-corrected chi connectivity index (χ3v) is 3.84. The molecule has 0 fully saturated rings. The number of nitrogens with one attached hydrogen (secondary N) is 1. The fraction of sp³-hybridized carbons (Fsp3) is 0.625. The zero-order valence-electron chi connectivity index (χ0n) is 12.6. The van der Waals surface area contributed by atoms with Crippen LogP contribution in [-0.4, -0.2) is 6.04 Å². The minimum absolute atomic E-state index is 0.169. The maximum atomic E-state index is 12.8.